The molecule has 0 radical (unpaired) electrons. The van der Waals surface area contributed by atoms with E-state index in [2.05, 4.69) is 15.8 Å². The minimum atomic E-state index is -0.605. The van der Waals surface area contributed by atoms with Crippen LogP contribution in [0.3, 0.4) is 0 Å². The number of amidine groups is 1. The summed E-state index contributed by atoms with van der Waals surface area (Å²) in [5, 5.41) is 0.838. The average molecular weight is 352 g/mol. The van der Waals surface area contributed by atoms with E-state index in [0.29, 0.717) is 15.7 Å². The molecule has 0 amide bonds. The number of halogens is 2. The van der Waals surface area contributed by atoms with Crippen molar-refractivity contribution < 1.29 is 9.53 Å². The summed E-state index contributed by atoms with van der Waals surface area (Å²) < 4.78 is 4.99. The highest BCUT2D eigenvalue weighted by Crippen LogP contribution is 2.28. The second-order valence-corrected chi connectivity index (χ2v) is 5.24. The zero-order chi connectivity index (χ0) is 16.7. The van der Waals surface area contributed by atoms with Crippen molar-refractivity contribution in [3.05, 3.63) is 58.6 Å². The summed E-state index contributed by atoms with van der Waals surface area (Å²) in [6.45, 7) is 1.95. The predicted molar refractivity (Wildman–Crippen MR) is 93.4 cm³/mol. The van der Waals surface area contributed by atoms with Gasteiger partial charge in [0.25, 0.3) is 0 Å². The van der Waals surface area contributed by atoms with Crippen molar-refractivity contribution in [3.8, 4) is 0 Å². The number of para-hydroxylation sites is 1. The molecule has 120 valence electrons. The zero-order valence-electron chi connectivity index (χ0n) is 12.3. The standard InChI is InChI=1S/C16H15Cl2N3O2/c1-2-23-16(22)15(21-20-12-6-4-3-5-7-12)19-14-10-11(17)8-9-13(14)18/h3-10,20H,2H2,1H3,(H,19,21). The molecule has 0 aromatic heterocycles. The number of carbonyl (C=O) groups is 1. The molecular formula is C16H15Cl2N3O2. The van der Waals surface area contributed by atoms with Gasteiger partial charge in [0.15, 0.2) is 0 Å². The molecule has 0 heterocycles. The minimum Gasteiger partial charge on any atom is -0.460 e. The van der Waals surface area contributed by atoms with Crippen molar-refractivity contribution in [3.63, 3.8) is 0 Å². The van der Waals surface area contributed by atoms with Crippen molar-refractivity contribution in [1.82, 2.24) is 5.43 Å². The number of carbonyl (C=O) groups excluding carboxylic acids is 1. The first-order chi connectivity index (χ1) is 11.1. The molecule has 5 nitrogen and oxygen atoms in total. The number of hydrazine groups is 1. The molecule has 2 N–H and O–H groups in total. The summed E-state index contributed by atoms with van der Waals surface area (Å²) in [4.78, 5) is 16.2. The number of rotatable bonds is 4. The van der Waals surface area contributed by atoms with Crippen LogP contribution in [0.2, 0.25) is 10.0 Å². The Hall–Kier alpha value is -2.24. The lowest BCUT2D eigenvalue weighted by Gasteiger charge is -2.12. The maximum atomic E-state index is 12.0. The predicted octanol–water partition coefficient (Wildman–Crippen LogP) is 4.20. The maximum Gasteiger partial charge on any atom is 0.375 e. The van der Waals surface area contributed by atoms with Gasteiger partial charge in [-0.05, 0) is 37.3 Å². The van der Waals surface area contributed by atoms with Crippen molar-refractivity contribution in [2.45, 2.75) is 6.92 Å². The van der Waals surface area contributed by atoms with E-state index in [1.807, 2.05) is 30.3 Å². The highest BCUT2D eigenvalue weighted by molar-refractivity contribution is 6.38. The number of hydrogen-bond acceptors (Lipinski definition) is 4. The number of anilines is 1. The van der Waals surface area contributed by atoms with E-state index >= 15 is 0 Å². The molecule has 23 heavy (non-hydrogen) atoms. The third-order valence-corrected chi connectivity index (χ3v) is 3.26. The Labute approximate surface area is 144 Å². The Morgan fingerprint density at radius 1 is 1.17 bits per heavy atom. The minimum absolute atomic E-state index is 0.0279. The van der Waals surface area contributed by atoms with E-state index in [9.17, 15) is 4.79 Å². The van der Waals surface area contributed by atoms with Crippen molar-refractivity contribution in [2.24, 2.45) is 4.99 Å². The molecule has 0 aliphatic carbocycles. The van der Waals surface area contributed by atoms with Crippen LogP contribution < -0.4 is 10.9 Å². The fourth-order valence-electron chi connectivity index (χ4n) is 1.67. The first kappa shape index (κ1) is 17.1. The Morgan fingerprint density at radius 2 is 1.91 bits per heavy atom. The van der Waals surface area contributed by atoms with Gasteiger partial charge in [-0.1, -0.05) is 41.4 Å². The smallest absolute Gasteiger partial charge is 0.375 e. The van der Waals surface area contributed by atoms with Gasteiger partial charge >= 0.3 is 5.97 Å². The van der Waals surface area contributed by atoms with Gasteiger partial charge in [-0.3, -0.25) is 10.9 Å². The van der Waals surface area contributed by atoms with E-state index in [1.54, 1.807) is 25.1 Å². The van der Waals surface area contributed by atoms with Crippen LogP contribution in [0.25, 0.3) is 0 Å². The molecule has 7 heteroatoms. The molecule has 0 unspecified atom stereocenters. The number of ether oxygens (including phenoxy) is 1. The lowest BCUT2D eigenvalue weighted by molar-refractivity contribution is -0.135. The fourth-order valence-corrected chi connectivity index (χ4v) is 2.00. The monoisotopic (exact) mass is 351 g/mol. The Kier molecular flexibility index (Phi) is 6.26. The summed E-state index contributed by atoms with van der Waals surface area (Å²) in [6, 6.07) is 14.1. The second kappa shape index (κ2) is 8.41. The van der Waals surface area contributed by atoms with E-state index in [4.69, 9.17) is 27.9 Å². The maximum absolute atomic E-state index is 12.0. The Morgan fingerprint density at radius 3 is 2.61 bits per heavy atom. The van der Waals surface area contributed by atoms with Gasteiger partial charge in [-0.2, -0.15) is 0 Å². The Bertz CT molecular complexity index is 706. The van der Waals surface area contributed by atoms with Gasteiger partial charge in [-0.15, -0.1) is 0 Å². The van der Waals surface area contributed by atoms with Crippen LogP contribution in [-0.4, -0.2) is 18.4 Å². The zero-order valence-corrected chi connectivity index (χ0v) is 13.9. The highest BCUT2D eigenvalue weighted by atomic mass is 35.5. The summed E-state index contributed by atoms with van der Waals surface area (Å²) in [5.74, 6) is -0.633. The molecule has 0 spiro atoms. The van der Waals surface area contributed by atoms with Crippen LogP contribution in [0.4, 0.5) is 11.4 Å². The van der Waals surface area contributed by atoms with Gasteiger partial charge in [0.1, 0.15) is 0 Å². The van der Waals surface area contributed by atoms with Gasteiger partial charge in [0, 0.05) is 5.02 Å². The van der Waals surface area contributed by atoms with Crippen LogP contribution in [0.15, 0.2) is 53.5 Å². The second-order valence-electron chi connectivity index (χ2n) is 4.39. The van der Waals surface area contributed by atoms with Crippen molar-refractivity contribution in [2.75, 3.05) is 12.0 Å². The fraction of sp³-hybridized carbons (Fsp3) is 0.125. The van der Waals surface area contributed by atoms with Gasteiger partial charge in [0.05, 0.1) is 23.0 Å². The number of esters is 1. The molecule has 0 saturated heterocycles. The summed E-state index contributed by atoms with van der Waals surface area (Å²) in [5.41, 5.74) is 6.75. The first-order valence-electron chi connectivity index (χ1n) is 6.88. The first-order valence-corrected chi connectivity index (χ1v) is 7.63. The average Bonchev–Trinajstić information content (AvgIpc) is 2.55. The lowest BCUT2D eigenvalue weighted by Crippen LogP contribution is -2.36. The largest absolute Gasteiger partial charge is 0.460 e. The SMILES string of the molecule is CCOC(=O)C(=Nc1cc(Cl)ccc1Cl)NNc1ccccc1. The van der Waals surface area contributed by atoms with E-state index in [-0.39, 0.29) is 12.4 Å². The number of aliphatic imine (C=N–C) groups is 1. The molecule has 2 aromatic rings. The quantitative estimate of drug-likeness (QED) is 0.375. The highest BCUT2D eigenvalue weighted by Gasteiger charge is 2.14. The van der Waals surface area contributed by atoms with Crippen LogP contribution in [-0.2, 0) is 9.53 Å². The normalized spacial score (nSPS) is 11.0. The third kappa shape index (κ3) is 5.16. The number of nitrogens with one attached hydrogen (secondary N) is 2. The molecular weight excluding hydrogens is 337 g/mol. The molecule has 0 aliphatic heterocycles. The molecule has 0 bridgehead atoms. The van der Waals surface area contributed by atoms with E-state index in [1.165, 1.54) is 0 Å². The van der Waals surface area contributed by atoms with Crippen molar-refractivity contribution >= 4 is 46.4 Å². The van der Waals surface area contributed by atoms with Gasteiger partial charge in [0.2, 0.25) is 5.84 Å². The van der Waals surface area contributed by atoms with Crippen LogP contribution in [0.5, 0.6) is 0 Å². The third-order valence-electron chi connectivity index (χ3n) is 2.71. The molecule has 0 aliphatic rings. The van der Waals surface area contributed by atoms with Crippen LogP contribution in [0, 0.1) is 0 Å². The van der Waals surface area contributed by atoms with Crippen molar-refractivity contribution in [1.29, 1.82) is 0 Å². The van der Waals surface area contributed by atoms with Crippen LogP contribution in [0.1, 0.15) is 6.92 Å². The van der Waals surface area contributed by atoms with Gasteiger partial charge < -0.3 is 4.74 Å². The lowest BCUT2D eigenvalue weighted by atomic mass is 10.3. The van der Waals surface area contributed by atoms with Gasteiger partial charge in [-0.25, -0.2) is 9.79 Å². The molecule has 0 atom stereocenters. The number of nitrogens with zero attached hydrogens (tertiary/aromatic N) is 1. The summed E-state index contributed by atoms with van der Waals surface area (Å²) in [6.07, 6.45) is 0. The Balaban J connectivity index is 2.24. The van der Waals surface area contributed by atoms with E-state index < -0.39 is 5.97 Å². The molecule has 2 aromatic carbocycles. The summed E-state index contributed by atoms with van der Waals surface area (Å²) in [7, 11) is 0. The summed E-state index contributed by atoms with van der Waals surface area (Å²) >= 11 is 12.0. The molecule has 0 saturated carbocycles. The molecule has 2 rings (SSSR count). The topological polar surface area (TPSA) is 62.7 Å². The number of hydrogen-bond donors (Lipinski definition) is 2. The van der Waals surface area contributed by atoms with E-state index in [0.717, 1.165) is 5.69 Å². The number of benzene rings is 2. The van der Waals surface area contributed by atoms with Crippen LogP contribution >= 0.6 is 23.2 Å². The molecule has 0 fully saturated rings.